The van der Waals surface area contributed by atoms with Crippen molar-refractivity contribution >= 4 is 15.8 Å². The minimum absolute atomic E-state index is 0.242. The molecule has 0 saturated carbocycles. The molecule has 4 nitrogen and oxygen atoms in total. The minimum atomic E-state index is -3.08. The van der Waals surface area contributed by atoms with Crippen molar-refractivity contribution in [3.63, 3.8) is 0 Å². The molecule has 1 atom stereocenters. The summed E-state index contributed by atoms with van der Waals surface area (Å²) in [7, 11) is -1.68. The second-order valence-electron chi connectivity index (χ2n) is 6.89. The van der Waals surface area contributed by atoms with Crippen LogP contribution in [0.15, 0.2) is 53.4 Å². The van der Waals surface area contributed by atoms with Gasteiger partial charge in [0.2, 0.25) is 0 Å². The molecule has 0 N–H and O–H groups in total. The molecular weight excluding hydrogens is 360 g/mol. The van der Waals surface area contributed by atoms with Gasteiger partial charge < -0.3 is 4.74 Å². The lowest BCUT2D eigenvalue weighted by molar-refractivity contribution is 0.0600. The van der Waals surface area contributed by atoms with E-state index in [9.17, 15) is 13.2 Å². The molecule has 0 saturated heterocycles. The molecule has 0 bridgehead atoms. The van der Waals surface area contributed by atoms with Gasteiger partial charge in [-0.25, -0.2) is 13.2 Å². The van der Waals surface area contributed by atoms with E-state index in [0.717, 1.165) is 12.0 Å². The Kier molecular flexibility index (Phi) is 8.70. The maximum Gasteiger partial charge on any atom is 0.337 e. The number of hydrogen-bond acceptors (Lipinski definition) is 4. The number of carbonyl (C=O) groups is 1. The van der Waals surface area contributed by atoms with Crippen molar-refractivity contribution in [2.24, 2.45) is 0 Å². The number of rotatable bonds is 5. The second-order valence-corrected chi connectivity index (χ2v) is 8.88. The molecule has 5 heteroatoms. The molecule has 0 heterocycles. The lowest BCUT2D eigenvalue weighted by Gasteiger charge is -2.10. The number of sulfone groups is 1. The molecule has 0 aliphatic carbocycles. The molecule has 0 amide bonds. The smallest absolute Gasteiger partial charge is 0.337 e. The SMILES string of the molecule is CC(C)c1ccccc1S(C)(=O)=O.CCC(C)c1cccc(C(=O)OC)c1. The molecular formula is C22H30O4S. The number of benzene rings is 2. The van der Waals surface area contributed by atoms with Crippen LogP contribution in [0.4, 0.5) is 0 Å². The highest BCUT2D eigenvalue weighted by atomic mass is 32.2. The van der Waals surface area contributed by atoms with Gasteiger partial charge in [-0.1, -0.05) is 58.0 Å². The van der Waals surface area contributed by atoms with E-state index < -0.39 is 9.84 Å². The van der Waals surface area contributed by atoms with E-state index in [1.165, 1.54) is 18.9 Å². The Balaban J connectivity index is 0.000000271. The lowest BCUT2D eigenvalue weighted by atomic mass is 9.97. The van der Waals surface area contributed by atoms with Crippen LogP contribution in [-0.4, -0.2) is 27.8 Å². The van der Waals surface area contributed by atoms with Gasteiger partial charge in [-0.2, -0.15) is 0 Å². The zero-order valence-corrected chi connectivity index (χ0v) is 17.8. The van der Waals surface area contributed by atoms with Crippen LogP contribution in [0.2, 0.25) is 0 Å². The van der Waals surface area contributed by atoms with E-state index in [2.05, 4.69) is 18.6 Å². The molecule has 27 heavy (non-hydrogen) atoms. The van der Waals surface area contributed by atoms with Crippen molar-refractivity contribution < 1.29 is 17.9 Å². The van der Waals surface area contributed by atoms with Crippen molar-refractivity contribution in [1.29, 1.82) is 0 Å². The van der Waals surface area contributed by atoms with Gasteiger partial charge in [0.05, 0.1) is 17.6 Å². The molecule has 0 aliphatic heterocycles. The number of hydrogen-bond donors (Lipinski definition) is 0. The van der Waals surface area contributed by atoms with Crippen molar-refractivity contribution in [2.75, 3.05) is 13.4 Å². The molecule has 2 rings (SSSR count). The quantitative estimate of drug-likeness (QED) is 0.658. The standard InChI is InChI=1S/C12H16O2.C10H14O2S/c1-4-9(2)10-6-5-7-11(8-10)12(13)14-3;1-8(2)9-6-4-5-7-10(9)13(3,11)12/h5-9H,4H2,1-3H3;4-8H,1-3H3. The summed E-state index contributed by atoms with van der Waals surface area (Å²) in [5.74, 6) is 0.459. The maximum atomic E-state index is 11.4. The van der Waals surface area contributed by atoms with Crippen molar-refractivity contribution in [1.82, 2.24) is 0 Å². The van der Waals surface area contributed by atoms with Gasteiger partial charge >= 0.3 is 5.97 Å². The molecule has 148 valence electrons. The summed E-state index contributed by atoms with van der Waals surface area (Å²) in [6.07, 6.45) is 2.32. The Hall–Kier alpha value is -2.14. The van der Waals surface area contributed by atoms with Crippen molar-refractivity contribution in [3.8, 4) is 0 Å². The zero-order chi connectivity index (χ0) is 20.6. The largest absolute Gasteiger partial charge is 0.465 e. The molecule has 1 unspecified atom stereocenters. The maximum absolute atomic E-state index is 11.4. The number of esters is 1. The fourth-order valence-corrected chi connectivity index (χ4v) is 3.68. The first kappa shape index (κ1) is 22.9. The highest BCUT2D eigenvalue weighted by molar-refractivity contribution is 7.90. The van der Waals surface area contributed by atoms with Crippen LogP contribution in [0.5, 0.6) is 0 Å². The molecule has 2 aromatic rings. The van der Waals surface area contributed by atoms with Crippen LogP contribution < -0.4 is 0 Å². The zero-order valence-electron chi connectivity index (χ0n) is 17.0. The van der Waals surface area contributed by atoms with E-state index in [0.29, 0.717) is 16.4 Å². The van der Waals surface area contributed by atoms with Gasteiger partial charge in [-0.15, -0.1) is 0 Å². The summed E-state index contributed by atoms with van der Waals surface area (Å²) in [5, 5.41) is 0. The average Bonchev–Trinajstić information content (AvgIpc) is 2.66. The third-order valence-electron chi connectivity index (χ3n) is 4.43. The van der Waals surface area contributed by atoms with E-state index >= 15 is 0 Å². The summed E-state index contributed by atoms with van der Waals surface area (Å²) in [5.41, 5.74) is 2.71. The highest BCUT2D eigenvalue weighted by Gasteiger charge is 2.14. The Morgan fingerprint density at radius 1 is 1.04 bits per heavy atom. The fraction of sp³-hybridized carbons (Fsp3) is 0.409. The molecule has 0 aliphatic rings. The van der Waals surface area contributed by atoms with Gasteiger partial charge in [0.15, 0.2) is 9.84 Å². The number of methoxy groups -OCH3 is 1. The van der Waals surface area contributed by atoms with Crippen LogP contribution in [0.3, 0.4) is 0 Å². The first-order valence-electron chi connectivity index (χ1n) is 9.09. The Morgan fingerprint density at radius 2 is 1.67 bits per heavy atom. The Bertz CT molecular complexity index is 854. The summed E-state index contributed by atoms with van der Waals surface area (Å²) in [6, 6.07) is 14.8. The third kappa shape index (κ3) is 6.83. The second kappa shape index (κ2) is 10.3. The average molecular weight is 391 g/mol. The first-order chi connectivity index (χ1) is 12.6. The van der Waals surface area contributed by atoms with E-state index in [4.69, 9.17) is 0 Å². The summed E-state index contributed by atoms with van der Waals surface area (Å²) < 4.78 is 27.4. The summed E-state index contributed by atoms with van der Waals surface area (Å²) in [4.78, 5) is 11.7. The van der Waals surface area contributed by atoms with Gasteiger partial charge in [0, 0.05) is 6.26 Å². The van der Waals surface area contributed by atoms with Crippen LogP contribution in [0.25, 0.3) is 0 Å². The van der Waals surface area contributed by atoms with Crippen molar-refractivity contribution in [3.05, 3.63) is 65.2 Å². The van der Waals surface area contributed by atoms with Gasteiger partial charge in [-0.05, 0) is 47.6 Å². The Labute approximate surface area is 163 Å². The molecule has 0 radical (unpaired) electrons. The van der Waals surface area contributed by atoms with Crippen LogP contribution in [0, 0.1) is 0 Å². The summed E-state index contributed by atoms with van der Waals surface area (Å²) >= 11 is 0. The number of carbonyl (C=O) groups excluding carboxylic acids is 1. The molecule has 0 spiro atoms. The number of ether oxygens (including phenoxy) is 1. The van der Waals surface area contributed by atoms with Crippen LogP contribution in [0.1, 0.15) is 67.4 Å². The van der Waals surface area contributed by atoms with Gasteiger partial charge in [0.1, 0.15) is 0 Å². The van der Waals surface area contributed by atoms with Gasteiger partial charge in [-0.3, -0.25) is 0 Å². The van der Waals surface area contributed by atoms with Gasteiger partial charge in [0.25, 0.3) is 0 Å². The third-order valence-corrected chi connectivity index (χ3v) is 5.60. The Morgan fingerprint density at radius 3 is 2.15 bits per heavy atom. The highest BCUT2D eigenvalue weighted by Crippen LogP contribution is 2.23. The topological polar surface area (TPSA) is 60.4 Å². The predicted molar refractivity (Wildman–Crippen MR) is 110 cm³/mol. The molecule has 2 aromatic carbocycles. The first-order valence-corrected chi connectivity index (χ1v) is 11.0. The molecule has 0 aromatic heterocycles. The van der Waals surface area contributed by atoms with E-state index in [-0.39, 0.29) is 11.9 Å². The normalized spacial score (nSPS) is 12.1. The minimum Gasteiger partial charge on any atom is -0.465 e. The predicted octanol–water partition coefficient (Wildman–Crippen LogP) is 5.20. The van der Waals surface area contributed by atoms with E-state index in [1.54, 1.807) is 18.2 Å². The summed E-state index contributed by atoms with van der Waals surface area (Å²) in [6.45, 7) is 8.26. The van der Waals surface area contributed by atoms with E-state index in [1.807, 2.05) is 44.2 Å². The van der Waals surface area contributed by atoms with Crippen molar-refractivity contribution in [2.45, 2.75) is 50.8 Å². The van der Waals surface area contributed by atoms with Crippen LogP contribution in [-0.2, 0) is 14.6 Å². The fourth-order valence-electron chi connectivity index (χ4n) is 2.62. The lowest BCUT2D eigenvalue weighted by Crippen LogP contribution is -2.03. The van der Waals surface area contributed by atoms with Crippen LogP contribution >= 0.6 is 0 Å². The monoisotopic (exact) mass is 390 g/mol. The molecule has 0 fully saturated rings.